The molecule has 4 aliphatic carbocycles. The van der Waals surface area contributed by atoms with Crippen molar-refractivity contribution in [3.8, 4) is 102 Å². The van der Waals surface area contributed by atoms with E-state index in [0.29, 0.717) is 54.9 Å². The maximum absolute atomic E-state index is 14.5. The Morgan fingerprint density at radius 1 is 0.279 bits per heavy atom. The lowest BCUT2D eigenvalue weighted by atomic mass is 9.90. The average molecular weight is 879 g/mol. The van der Waals surface area contributed by atoms with Crippen molar-refractivity contribution in [2.45, 2.75) is 0 Å². The molecule has 0 radical (unpaired) electrons. The molecule has 0 N–H and O–H groups in total. The van der Waals surface area contributed by atoms with E-state index >= 15 is 0 Å². The molecule has 0 aliphatic heterocycles. The molecule has 0 fully saturated rings. The fourth-order valence-corrected chi connectivity index (χ4v) is 10.8. The summed E-state index contributed by atoms with van der Waals surface area (Å²) in [6, 6.07) is 52.6. The zero-order valence-electron chi connectivity index (χ0n) is 35.3. The van der Waals surface area contributed by atoms with Gasteiger partial charge in [0.1, 0.15) is 58.7 Å². The second-order valence-electron chi connectivity index (χ2n) is 16.8. The monoisotopic (exact) mass is 878 g/mol. The van der Waals surface area contributed by atoms with Crippen LogP contribution in [-0.2, 0) is 0 Å². The van der Waals surface area contributed by atoms with E-state index in [9.17, 15) is 38.6 Å². The van der Waals surface area contributed by atoms with Gasteiger partial charge in [0.05, 0.1) is 0 Å². The highest BCUT2D eigenvalue weighted by Crippen LogP contribution is 2.56. The van der Waals surface area contributed by atoms with Crippen LogP contribution in [0.1, 0.15) is 0 Å². The molecule has 8 aromatic carbocycles. The van der Waals surface area contributed by atoms with Gasteiger partial charge in [-0.1, -0.05) is 109 Å². The van der Waals surface area contributed by atoms with E-state index < -0.39 is 23.3 Å². The Labute approximate surface area is 384 Å². The van der Waals surface area contributed by atoms with Crippen molar-refractivity contribution in [2.24, 2.45) is 0 Å². The van der Waals surface area contributed by atoms with Gasteiger partial charge >= 0.3 is 0 Å². The molecule has 0 heterocycles. The Morgan fingerprint density at radius 3 is 0.794 bits per heavy atom. The van der Waals surface area contributed by atoms with Gasteiger partial charge in [0.25, 0.3) is 0 Å². The summed E-state index contributed by atoms with van der Waals surface area (Å²) < 4.78 is 58.0. The minimum Gasteiger partial charge on any atom is -0.207 e. The lowest BCUT2D eigenvalue weighted by Crippen LogP contribution is -2.09. The van der Waals surface area contributed by atoms with Crippen LogP contribution in [0.15, 0.2) is 158 Å². The first-order valence-electron chi connectivity index (χ1n) is 21.5. The van der Waals surface area contributed by atoms with E-state index in [0.717, 1.165) is 76.5 Å². The Hall–Kier alpha value is -9.60. The summed E-state index contributed by atoms with van der Waals surface area (Å²) in [5.74, 6) is -1.77. The third-order valence-electron chi connectivity index (χ3n) is 13.4. The molecule has 0 saturated carbocycles. The molecule has 0 atom stereocenters. The average Bonchev–Trinajstić information content (AvgIpc) is 4.08. The van der Waals surface area contributed by atoms with Gasteiger partial charge in [-0.15, -0.1) is 0 Å². The summed E-state index contributed by atoms with van der Waals surface area (Å²) in [5.41, 5.74) is 9.50. The van der Waals surface area contributed by atoms with Gasteiger partial charge in [0.15, 0.2) is 0 Å². The summed E-state index contributed by atoms with van der Waals surface area (Å²) in [6.07, 6.45) is 0. The SMILES string of the molecule is N#CC(C#N)=c1c(-c2ccc(F)cc2)c2c3cccc4c(-c5ccc6c7c(-c8ccc(F)cc8)c(=C(C#N)C#N)c(-c8ccc(F)cc8)c-7c7cccc5c76)ccc(c-2c1-c1ccc(F)cc1)c43. The molecule has 0 amide bonds. The Kier molecular flexibility index (Phi) is 8.80. The lowest BCUT2D eigenvalue weighted by molar-refractivity contribution is 0.627. The number of hydrogen-bond donors (Lipinski definition) is 0. The minimum atomic E-state index is -0.442. The van der Waals surface area contributed by atoms with Crippen molar-refractivity contribution in [3.63, 3.8) is 0 Å². The van der Waals surface area contributed by atoms with Crippen molar-refractivity contribution in [1.82, 2.24) is 0 Å². The van der Waals surface area contributed by atoms with Gasteiger partial charge in [-0.25, -0.2) is 17.6 Å². The molecule has 8 aromatic rings. The highest BCUT2D eigenvalue weighted by atomic mass is 19.1. The second-order valence-corrected chi connectivity index (χ2v) is 16.8. The molecule has 0 unspecified atom stereocenters. The van der Waals surface area contributed by atoms with Gasteiger partial charge < -0.3 is 0 Å². The van der Waals surface area contributed by atoms with Crippen LogP contribution >= 0.6 is 0 Å². The third-order valence-corrected chi connectivity index (χ3v) is 13.4. The Bertz CT molecular complexity index is 3820. The summed E-state index contributed by atoms with van der Waals surface area (Å²) in [4.78, 5) is 0. The third kappa shape index (κ3) is 5.56. The highest BCUT2D eigenvalue weighted by molar-refractivity contribution is 6.34. The first-order valence-corrected chi connectivity index (χ1v) is 21.5. The van der Waals surface area contributed by atoms with E-state index in [1.807, 2.05) is 36.4 Å². The quantitative estimate of drug-likeness (QED) is 0.161. The molecular weight excluding hydrogens is 853 g/mol. The van der Waals surface area contributed by atoms with E-state index in [2.05, 4.69) is 48.5 Å². The molecule has 68 heavy (non-hydrogen) atoms. The number of nitriles is 4. The maximum atomic E-state index is 14.5. The summed E-state index contributed by atoms with van der Waals surface area (Å²) in [7, 11) is 0. The number of hydrogen-bond acceptors (Lipinski definition) is 4. The fraction of sp³-hybridized carbons (Fsp3) is 0. The first kappa shape index (κ1) is 40.0. The van der Waals surface area contributed by atoms with Gasteiger partial charge in [-0.05, 0) is 147 Å². The Morgan fingerprint density at radius 2 is 0.529 bits per heavy atom. The maximum Gasteiger partial charge on any atom is 0.138 e. The van der Waals surface area contributed by atoms with Crippen LogP contribution in [0.5, 0.6) is 0 Å². The summed E-state index contributed by atoms with van der Waals surface area (Å²) in [6.45, 7) is 0. The van der Waals surface area contributed by atoms with Crippen LogP contribution < -0.4 is 10.4 Å². The molecule has 8 heteroatoms. The van der Waals surface area contributed by atoms with Crippen LogP contribution in [0.4, 0.5) is 17.6 Å². The van der Waals surface area contributed by atoms with Crippen molar-refractivity contribution in [2.75, 3.05) is 0 Å². The predicted octanol–water partition coefficient (Wildman–Crippen LogP) is 14.1. The van der Waals surface area contributed by atoms with Gasteiger partial charge in [-0.3, -0.25) is 0 Å². The zero-order chi connectivity index (χ0) is 46.5. The van der Waals surface area contributed by atoms with Crippen molar-refractivity contribution in [3.05, 3.63) is 191 Å². The van der Waals surface area contributed by atoms with E-state index in [1.54, 1.807) is 48.5 Å². The van der Waals surface area contributed by atoms with E-state index in [1.165, 1.54) is 48.5 Å². The van der Waals surface area contributed by atoms with E-state index in [4.69, 9.17) is 0 Å². The molecule has 12 rings (SSSR count). The van der Waals surface area contributed by atoms with Crippen LogP contribution in [0.3, 0.4) is 0 Å². The summed E-state index contributed by atoms with van der Waals surface area (Å²) >= 11 is 0. The largest absolute Gasteiger partial charge is 0.207 e. The van der Waals surface area contributed by atoms with Gasteiger partial charge in [-0.2, -0.15) is 21.0 Å². The number of halogens is 4. The standard InChI is InChI=1S/C60H26F4N4/c61-37-15-7-31(8-16-37)49-53(35(27-65)28-66)51(33-11-19-39(63)20-12-33)59-47-25-23-41(43-3-1-5-45(55(43)47)57(49)59)42-24-26-48-56-44(42)4-2-6-46(56)58-50(32-9-17-38(62)18-10-32)54(36(29-67)30-68)52(60(48)58)34-13-21-40(64)22-14-34/h1-26H. The second kappa shape index (κ2) is 15.0. The van der Waals surface area contributed by atoms with Crippen molar-refractivity contribution in [1.29, 1.82) is 21.0 Å². The fourth-order valence-electron chi connectivity index (χ4n) is 10.8. The van der Waals surface area contributed by atoms with Gasteiger partial charge in [0.2, 0.25) is 0 Å². The predicted molar refractivity (Wildman–Crippen MR) is 259 cm³/mol. The molecule has 0 spiro atoms. The molecule has 0 bridgehead atoms. The van der Waals surface area contributed by atoms with Gasteiger partial charge in [0, 0.05) is 32.7 Å². The molecule has 314 valence electrons. The number of nitrogens with zero attached hydrogens (tertiary/aromatic N) is 4. The smallest absolute Gasteiger partial charge is 0.138 e. The summed E-state index contributed by atoms with van der Waals surface area (Å²) in [5, 5.41) is 49.6. The lowest BCUT2D eigenvalue weighted by Gasteiger charge is -2.13. The van der Waals surface area contributed by atoms with Crippen LogP contribution in [0, 0.1) is 68.6 Å². The molecule has 4 nitrogen and oxygen atoms in total. The van der Waals surface area contributed by atoms with Crippen LogP contribution in [0.25, 0.3) is 132 Å². The molecule has 0 saturated heterocycles. The molecule has 4 aliphatic rings. The number of fused-ring (bicyclic) bond motifs is 6. The van der Waals surface area contributed by atoms with Crippen molar-refractivity contribution < 1.29 is 17.6 Å². The number of rotatable bonds is 5. The first-order chi connectivity index (χ1) is 33.2. The minimum absolute atomic E-state index is 0.129. The van der Waals surface area contributed by atoms with Crippen LogP contribution in [0.2, 0.25) is 0 Å². The molecule has 0 aromatic heterocycles. The normalized spacial score (nSPS) is 11.5. The highest BCUT2D eigenvalue weighted by Gasteiger charge is 2.33. The molecular formula is C60H26F4N4. The Balaban J connectivity index is 1.21. The topological polar surface area (TPSA) is 95.2 Å². The van der Waals surface area contributed by atoms with Crippen LogP contribution in [-0.4, -0.2) is 0 Å². The zero-order valence-corrected chi connectivity index (χ0v) is 35.3. The van der Waals surface area contributed by atoms with E-state index in [-0.39, 0.29) is 11.1 Å². The number of benzene rings is 8. The van der Waals surface area contributed by atoms with Crippen molar-refractivity contribution >= 4 is 54.2 Å².